The first kappa shape index (κ1) is 21.8. The minimum absolute atomic E-state index is 0.106. The molecule has 1 unspecified atom stereocenters. The fourth-order valence-corrected chi connectivity index (χ4v) is 3.87. The van der Waals surface area contributed by atoms with Crippen LogP contribution >= 0.6 is 0 Å². The molecule has 0 saturated heterocycles. The van der Waals surface area contributed by atoms with Crippen molar-refractivity contribution in [3.63, 3.8) is 0 Å². The Morgan fingerprint density at radius 1 is 1.29 bits per heavy atom. The predicted molar refractivity (Wildman–Crippen MR) is 110 cm³/mol. The lowest BCUT2D eigenvalue weighted by molar-refractivity contribution is -0.140. The van der Waals surface area contributed by atoms with Gasteiger partial charge in [-0.15, -0.1) is 11.8 Å². The average Bonchev–Trinajstić information content (AvgIpc) is 3.16. The van der Waals surface area contributed by atoms with Crippen molar-refractivity contribution in [3.8, 4) is 17.6 Å². The second-order valence-electron chi connectivity index (χ2n) is 7.24. The van der Waals surface area contributed by atoms with Gasteiger partial charge in [0, 0.05) is 19.3 Å². The predicted octanol–water partition coefficient (Wildman–Crippen LogP) is 4.70. The van der Waals surface area contributed by atoms with Gasteiger partial charge >= 0.3 is 5.97 Å². The molecule has 1 aliphatic carbocycles. The lowest BCUT2D eigenvalue weighted by Gasteiger charge is -2.20. The second-order valence-corrected chi connectivity index (χ2v) is 7.24. The number of phenolic OH excluding ortho intramolecular Hbond substituents is 1. The number of esters is 1. The number of aromatic hydroxyl groups is 1. The number of para-hydroxylation sites is 1. The third kappa shape index (κ3) is 6.27. The Hall–Kier alpha value is -2.54. The van der Waals surface area contributed by atoms with Gasteiger partial charge in [-0.05, 0) is 61.6 Å². The molecule has 1 aliphatic rings. The van der Waals surface area contributed by atoms with E-state index in [9.17, 15) is 14.7 Å². The highest BCUT2D eigenvalue weighted by Crippen LogP contribution is 2.44. The van der Waals surface area contributed by atoms with E-state index < -0.39 is 0 Å². The van der Waals surface area contributed by atoms with Gasteiger partial charge in [0.2, 0.25) is 0 Å². The van der Waals surface area contributed by atoms with Gasteiger partial charge in [-0.25, -0.2) is 0 Å². The van der Waals surface area contributed by atoms with E-state index in [1.54, 1.807) is 13.0 Å². The summed E-state index contributed by atoms with van der Waals surface area (Å²) in [5, 5.41) is 10.8. The number of benzene rings is 1. The summed E-state index contributed by atoms with van der Waals surface area (Å²) in [6, 6.07) is 5.86. The number of ether oxygens (including phenoxy) is 1. The summed E-state index contributed by atoms with van der Waals surface area (Å²) in [4.78, 5) is 23.3. The summed E-state index contributed by atoms with van der Waals surface area (Å²) in [6.45, 7) is 1.78. The number of ketones is 1. The Kier molecular flexibility index (Phi) is 8.81. The largest absolute Gasteiger partial charge is 0.507 e. The molecule has 1 aromatic rings. The fourth-order valence-electron chi connectivity index (χ4n) is 3.87. The van der Waals surface area contributed by atoms with Crippen LogP contribution in [0.3, 0.4) is 0 Å². The molecular weight excluding hydrogens is 352 g/mol. The molecule has 2 rings (SSSR count). The Morgan fingerprint density at radius 2 is 2.11 bits per heavy atom. The van der Waals surface area contributed by atoms with Gasteiger partial charge in [0.05, 0.1) is 7.11 Å². The Balaban J connectivity index is 2.04. The van der Waals surface area contributed by atoms with Crippen LogP contribution in [0.4, 0.5) is 0 Å². The number of phenols is 1. The van der Waals surface area contributed by atoms with Crippen molar-refractivity contribution in [3.05, 3.63) is 41.5 Å². The summed E-state index contributed by atoms with van der Waals surface area (Å²) in [5.74, 6) is 6.42. The van der Waals surface area contributed by atoms with Crippen LogP contribution in [0.15, 0.2) is 30.4 Å². The van der Waals surface area contributed by atoms with Crippen molar-refractivity contribution in [2.45, 2.75) is 64.2 Å². The van der Waals surface area contributed by atoms with Crippen molar-refractivity contribution in [2.24, 2.45) is 5.92 Å². The van der Waals surface area contributed by atoms with Gasteiger partial charge in [0.1, 0.15) is 5.75 Å². The normalized spacial score (nSPS) is 18.6. The van der Waals surface area contributed by atoms with Crippen LogP contribution in [-0.4, -0.2) is 24.0 Å². The summed E-state index contributed by atoms with van der Waals surface area (Å²) < 4.78 is 4.67. The molecule has 150 valence electrons. The third-order valence-corrected chi connectivity index (χ3v) is 5.38. The lowest BCUT2D eigenvalue weighted by atomic mass is 9.86. The summed E-state index contributed by atoms with van der Waals surface area (Å²) in [5.41, 5.74) is 1.82. The quantitative estimate of drug-likeness (QED) is 0.382. The fraction of sp³-hybridized carbons (Fsp3) is 0.500. The van der Waals surface area contributed by atoms with E-state index in [1.807, 2.05) is 24.3 Å². The number of allylic oxidation sites excluding steroid dienone is 2. The lowest BCUT2D eigenvalue weighted by Crippen LogP contribution is -2.06. The van der Waals surface area contributed by atoms with Crippen LogP contribution in [0.25, 0.3) is 0 Å². The second kappa shape index (κ2) is 11.3. The molecule has 4 nitrogen and oxygen atoms in total. The molecule has 1 saturated carbocycles. The van der Waals surface area contributed by atoms with E-state index in [1.165, 1.54) is 7.11 Å². The van der Waals surface area contributed by atoms with Gasteiger partial charge in [-0.2, -0.15) is 0 Å². The van der Waals surface area contributed by atoms with Gasteiger partial charge < -0.3 is 9.84 Å². The number of carbonyl (C=O) groups excluding carboxylic acids is 2. The van der Waals surface area contributed by atoms with Crippen LogP contribution < -0.4 is 0 Å². The zero-order chi connectivity index (χ0) is 20.4. The SMILES string of the molecule is CC#CCCC(=O)/C=C/C1CCC[C@@H]1c1cccc(CCCC(=O)OC)c1O. The van der Waals surface area contributed by atoms with E-state index >= 15 is 0 Å². The molecule has 0 amide bonds. The monoisotopic (exact) mass is 382 g/mol. The number of carbonyl (C=O) groups is 2. The molecule has 0 heterocycles. The topological polar surface area (TPSA) is 63.6 Å². The highest BCUT2D eigenvalue weighted by atomic mass is 16.5. The summed E-state index contributed by atoms with van der Waals surface area (Å²) in [7, 11) is 1.39. The maximum absolute atomic E-state index is 12.0. The highest BCUT2D eigenvalue weighted by Gasteiger charge is 2.29. The van der Waals surface area contributed by atoms with Crippen LogP contribution in [0.5, 0.6) is 5.75 Å². The van der Waals surface area contributed by atoms with E-state index in [0.717, 1.165) is 30.4 Å². The van der Waals surface area contributed by atoms with Crippen molar-refractivity contribution >= 4 is 11.8 Å². The smallest absolute Gasteiger partial charge is 0.305 e. The zero-order valence-electron chi connectivity index (χ0n) is 16.9. The number of aryl methyl sites for hydroxylation is 1. The molecule has 1 fully saturated rings. The molecule has 0 aromatic heterocycles. The van der Waals surface area contributed by atoms with Gasteiger partial charge in [0.15, 0.2) is 5.78 Å². The number of rotatable bonds is 9. The molecule has 4 heteroatoms. The Morgan fingerprint density at radius 3 is 2.86 bits per heavy atom. The van der Waals surface area contributed by atoms with E-state index in [4.69, 9.17) is 0 Å². The standard InChI is InChI=1S/C24H30O4/c1-3-4-5-12-20(25)17-16-18-9-6-13-21(18)22-14-7-10-19(24(22)27)11-8-15-23(26)28-2/h7,10,14,16-18,21,27H,5-6,8-9,11-13,15H2,1-2H3/b17-16+/t18?,21-/m0/s1. The first-order chi connectivity index (χ1) is 13.6. The third-order valence-electron chi connectivity index (χ3n) is 5.38. The summed E-state index contributed by atoms with van der Waals surface area (Å²) >= 11 is 0. The van der Waals surface area contributed by atoms with Crippen LogP contribution in [0, 0.1) is 17.8 Å². The zero-order valence-corrected chi connectivity index (χ0v) is 16.9. The van der Waals surface area contributed by atoms with Crippen molar-refractivity contribution in [1.29, 1.82) is 0 Å². The van der Waals surface area contributed by atoms with E-state index in [2.05, 4.69) is 16.6 Å². The molecule has 1 N–H and O–H groups in total. The number of hydrogen-bond donors (Lipinski definition) is 1. The maximum atomic E-state index is 12.0. The Bertz CT molecular complexity index is 767. The van der Waals surface area contributed by atoms with E-state index in [0.29, 0.717) is 37.9 Å². The van der Waals surface area contributed by atoms with Crippen LogP contribution in [-0.2, 0) is 20.7 Å². The van der Waals surface area contributed by atoms with Crippen LogP contribution in [0.2, 0.25) is 0 Å². The highest BCUT2D eigenvalue weighted by molar-refractivity contribution is 5.89. The van der Waals surface area contributed by atoms with Gasteiger partial charge in [-0.1, -0.05) is 30.7 Å². The molecule has 28 heavy (non-hydrogen) atoms. The number of hydrogen-bond acceptors (Lipinski definition) is 4. The van der Waals surface area contributed by atoms with Crippen molar-refractivity contribution in [2.75, 3.05) is 7.11 Å². The molecule has 0 bridgehead atoms. The first-order valence-electron chi connectivity index (χ1n) is 10.0. The molecular formula is C24H30O4. The molecule has 0 radical (unpaired) electrons. The molecule has 1 aromatic carbocycles. The summed E-state index contributed by atoms with van der Waals surface area (Å²) in [6.07, 6.45) is 9.50. The number of methoxy groups -OCH3 is 1. The minimum Gasteiger partial charge on any atom is -0.507 e. The van der Waals surface area contributed by atoms with Crippen molar-refractivity contribution in [1.82, 2.24) is 0 Å². The average molecular weight is 383 g/mol. The first-order valence-corrected chi connectivity index (χ1v) is 10.0. The van der Waals surface area contributed by atoms with Crippen LogP contribution in [0.1, 0.15) is 68.9 Å². The van der Waals surface area contributed by atoms with Crippen molar-refractivity contribution < 1.29 is 19.4 Å². The van der Waals surface area contributed by atoms with Gasteiger partial charge in [0.25, 0.3) is 0 Å². The molecule has 0 spiro atoms. The Labute approximate surface area is 168 Å². The van der Waals surface area contributed by atoms with E-state index in [-0.39, 0.29) is 23.6 Å². The van der Waals surface area contributed by atoms with Gasteiger partial charge in [-0.3, -0.25) is 9.59 Å². The maximum Gasteiger partial charge on any atom is 0.305 e. The molecule has 0 aliphatic heterocycles. The minimum atomic E-state index is -0.230. The molecule has 2 atom stereocenters.